The van der Waals surface area contributed by atoms with Gasteiger partial charge < -0.3 is 25.2 Å². The van der Waals surface area contributed by atoms with Crippen molar-refractivity contribution >= 4 is 17.7 Å². The largest absolute Gasteiger partial charge is 0.421 e. The molecule has 4 rings (SSSR count). The summed E-state index contributed by atoms with van der Waals surface area (Å²) in [6.45, 7) is 6.50. The molecule has 1 amide bonds. The van der Waals surface area contributed by atoms with Crippen molar-refractivity contribution < 1.29 is 22.7 Å². The van der Waals surface area contributed by atoms with Gasteiger partial charge in [0.25, 0.3) is 0 Å². The Labute approximate surface area is 210 Å². The molecule has 0 aromatic carbocycles. The van der Waals surface area contributed by atoms with Gasteiger partial charge in [-0.2, -0.15) is 18.2 Å². The lowest BCUT2D eigenvalue weighted by atomic mass is 9.90. The molecule has 1 saturated carbocycles. The molecule has 0 bridgehead atoms. The van der Waals surface area contributed by atoms with Crippen molar-refractivity contribution in [2.24, 2.45) is 0 Å². The number of nitrogens with one attached hydrogen (secondary N) is 2. The molecule has 2 N–H and O–H groups in total. The van der Waals surface area contributed by atoms with E-state index < -0.39 is 11.7 Å². The number of anilines is 2. The van der Waals surface area contributed by atoms with Gasteiger partial charge in [-0.15, -0.1) is 0 Å². The van der Waals surface area contributed by atoms with Crippen LogP contribution in [0.4, 0.5) is 24.9 Å². The van der Waals surface area contributed by atoms with Gasteiger partial charge in [-0.25, -0.2) is 4.98 Å². The first-order chi connectivity index (χ1) is 17.3. The van der Waals surface area contributed by atoms with E-state index in [9.17, 15) is 18.0 Å². The zero-order valence-electron chi connectivity index (χ0n) is 21.0. The summed E-state index contributed by atoms with van der Waals surface area (Å²) in [4.78, 5) is 26.8. The van der Waals surface area contributed by atoms with E-state index >= 15 is 0 Å². The number of piperazine rings is 1. The van der Waals surface area contributed by atoms with Crippen molar-refractivity contribution in [3.8, 4) is 0 Å². The van der Waals surface area contributed by atoms with Gasteiger partial charge in [0.05, 0.1) is 19.6 Å². The molecule has 9 nitrogen and oxygen atoms in total. The van der Waals surface area contributed by atoms with Crippen molar-refractivity contribution in [2.75, 3.05) is 76.7 Å². The number of amides is 1. The maximum atomic E-state index is 13.6. The number of aromatic nitrogens is 2. The number of hydrogen-bond acceptors (Lipinski definition) is 8. The van der Waals surface area contributed by atoms with E-state index in [1.165, 1.54) is 0 Å². The molecule has 1 aromatic rings. The van der Waals surface area contributed by atoms with Crippen LogP contribution in [0.2, 0.25) is 0 Å². The number of ether oxygens (including phenoxy) is 1. The average Bonchev–Trinajstić information content (AvgIpc) is 3.06. The molecule has 0 unspecified atom stereocenters. The number of alkyl halides is 3. The van der Waals surface area contributed by atoms with Gasteiger partial charge in [0.1, 0.15) is 11.4 Å². The molecule has 12 heteroatoms. The van der Waals surface area contributed by atoms with Gasteiger partial charge in [-0.05, 0) is 39.2 Å². The van der Waals surface area contributed by atoms with E-state index in [0.717, 1.165) is 58.1 Å². The van der Waals surface area contributed by atoms with E-state index in [4.69, 9.17) is 4.74 Å². The SMILES string of the molecule is CN1CCN(C2CCC(Nc3ncc(C(F)(F)F)c(NCCCN4CCOCCC4=O)n3)CC2)CC1. The molecule has 1 aliphatic carbocycles. The zero-order chi connectivity index (χ0) is 25.5. The van der Waals surface area contributed by atoms with Gasteiger partial charge >= 0.3 is 6.18 Å². The highest BCUT2D eigenvalue weighted by atomic mass is 19.4. The van der Waals surface area contributed by atoms with Crippen LogP contribution in [-0.4, -0.2) is 109 Å². The van der Waals surface area contributed by atoms with Gasteiger partial charge in [-0.3, -0.25) is 9.69 Å². The molecular formula is C24H38F3N7O2. The standard InChI is InChI=1S/C24H38F3N7O2/c1-32-10-12-33(13-11-32)19-5-3-18(4-6-19)30-23-29-17-20(24(25,26)27)22(31-23)28-8-2-9-34-14-16-36-15-7-21(34)35/h17-19H,2-16H2,1H3,(H2,28,29,30,31). The van der Waals surface area contributed by atoms with Crippen molar-refractivity contribution in [1.29, 1.82) is 0 Å². The van der Waals surface area contributed by atoms with Crippen LogP contribution >= 0.6 is 0 Å². The van der Waals surface area contributed by atoms with Gasteiger partial charge in [0.2, 0.25) is 11.9 Å². The predicted molar refractivity (Wildman–Crippen MR) is 131 cm³/mol. The average molecular weight is 514 g/mol. The number of carbonyl (C=O) groups is 1. The predicted octanol–water partition coefficient (Wildman–Crippen LogP) is 2.52. The second-order valence-corrected chi connectivity index (χ2v) is 9.97. The highest BCUT2D eigenvalue weighted by molar-refractivity contribution is 5.76. The number of likely N-dealkylation sites (N-methyl/N-ethyl adjacent to an activating group) is 1. The number of hydrogen-bond donors (Lipinski definition) is 2. The summed E-state index contributed by atoms with van der Waals surface area (Å²) in [7, 11) is 2.15. The highest BCUT2D eigenvalue weighted by Crippen LogP contribution is 2.34. The van der Waals surface area contributed by atoms with Crippen molar-refractivity contribution in [3.63, 3.8) is 0 Å². The van der Waals surface area contributed by atoms with Crippen LogP contribution in [-0.2, 0) is 15.7 Å². The topological polar surface area (TPSA) is 85.9 Å². The Morgan fingerprint density at radius 2 is 1.83 bits per heavy atom. The first-order valence-corrected chi connectivity index (χ1v) is 13.0. The minimum absolute atomic E-state index is 0.0133. The molecule has 3 aliphatic rings. The van der Waals surface area contributed by atoms with E-state index in [-0.39, 0.29) is 30.3 Å². The van der Waals surface area contributed by atoms with E-state index in [0.29, 0.717) is 45.2 Å². The van der Waals surface area contributed by atoms with Gasteiger partial charge in [0, 0.05) is 64.1 Å². The maximum absolute atomic E-state index is 13.6. The minimum Gasteiger partial charge on any atom is -0.379 e. The Bertz CT molecular complexity index is 857. The van der Waals surface area contributed by atoms with E-state index in [1.807, 2.05) is 0 Å². The monoisotopic (exact) mass is 513 g/mol. The summed E-state index contributed by atoms with van der Waals surface area (Å²) >= 11 is 0. The van der Waals surface area contributed by atoms with Crippen LogP contribution in [0.25, 0.3) is 0 Å². The van der Waals surface area contributed by atoms with Crippen LogP contribution in [0.3, 0.4) is 0 Å². The maximum Gasteiger partial charge on any atom is 0.421 e. The molecule has 2 saturated heterocycles. The van der Waals surface area contributed by atoms with Crippen LogP contribution in [0, 0.1) is 0 Å². The number of halogens is 3. The highest BCUT2D eigenvalue weighted by Gasteiger charge is 2.35. The third-order valence-corrected chi connectivity index (χ3v) is 7.39. The third kappa shape index (κ3) is 7.42. The Kier molecular flexibility index (Phi) is 9.24. The quantitative estimate of drug-likeness (QED) is 0.513. The van der Waals surface area contributed by atoms with Gasteiger partial charge in [-0.1, -0.05) is 0 Å². The Morgan fingerprint density at radius 1 is 1.08 bits per heavy atom. The molecule has 0 radical (unpaired) electrons. The lowest BCUT2D eigenvalue weighted by Crippen LogP contribution is -2.50. The number of carbonyl (C=O) groups excluding carboxylic acids is 1. The molecule has 2 aliphatic heterocycles. The Hall–Kier alpha value is -2.18. The fourth-order valence-electron chi connectivity index (χ4n) is 5.18. The molecule has 0 spiro atoms. The minimum atomic E-state index is -4.56. The lowest BCUT2D eigenvalue weighted by molar-refractivity contribution is -0.137. The molecule has 36 heavy (non-hydrogen) atoms. The molecule has 3 fully saturated rings. The summed E-state index contributed by atoms with van der Waals surface area (Å²) in [6.07, 6.45) is 1.15. The first kappa shape index (κ1) is 26.9. The second kappa shape index (κ2) is 12.4. The number of nitrogens with zero attached hydrogens (tertiary/aromatic N) is 5. The molecule has 202 valence electrons. The van der Waals surface area contributed by atoms with Crippen LogP contribution in [0.5, 0.6) is 0 Å². The zero-order valence-corrected chi connectivity index (χ0v) is 21.0. The summed E-state index contributed by atoms with van der Waals surface area (Å²) < 4.78 is 46.0. The second-order valence-electron chi connectivity index (χ2n) is 9.97. The third-order valence-electron chi connectivity index (χ3n) is 7.39. The van der Waals surface area contributed by atoms with Gasteiger partial charge in [0.15, 0.2) is 0 Å². The Morgan fingerprint density at radius 3 is 2.56 bits per heavy atom. The molecular weight excluding hydrogens is 475 g/mol. The summed E-state index contributed by atoms with van der Waals surface area (Å²) in [6, 6.07) is 0.722. The fourth-order valence-corrected chi connectivity index (χ4v) is 5.18. The fraction of sp³-hybridized carbons (Fsp3) is 0.792. The molecule has 3 heterocycles. The first-order valence-electron chi connectivity index (χ1n) is 13.0. The number of rotatable bonds is 8. The van der Waals surface area contributed by atoms with E-state index in [2.05, 4.69) is 37.4 Å². The van der Waals surface area contributed by atoms with Crippen LogP contribution < -0.4 is 10.6 Å². The van der Waals surface area contributed by atoms with Crippen LogP contribution in [0.1, 0.15) is 44.1 Å². The van der Waals surface area contributed by atoms with E-state index in [1.54, 1.807) is 4.90 Å². The molecule has 1 aromatic heterocycles. The van der Waals surface area contributed by atoms with Crippen molar-refractivity contribution in [3.05, 3.63) is 11.8 Å². The smallest absolute Gasteiger partial charge is 0.379 e. The lowest BCUT2D eigenvalue weighted by Gasteiger charge is -2.41. The normalized spacial score (nSPS) is 25.0. The van der Waals surface area contributed by atoms with Crippen molar-refractivity contribution in [1.82, 2.24) is 24.7 Å². The summed E-state index contributed by atoms with van der Waals surface area (Å²) in [5.74, 6) is 0.00406. The van der Waals surface area contributed by atoms with Crippen molar-refractivity contribution in [2.45, 2.75) is 56.8 Å². The summed E-state index contributed by atoms with van der Waals surface area (Å²) in [5, 5.41) is 6.09. The molecule has 0 atom stereocenters. The van der Waals surface area contributed by atoms with Crippen LogP contribution in [0.15, 0.2) is 6.20 Å². The summed E-state index contributed by atoms with van der Waals surface area (Å²) in [5.41, 5.74) is -0.883. The Balaban J connectivity index is 1.29.